The lowest BCUT2D eigenvalue weighted by Gasteiger charge is -2.22. The van der Waals surface area contributed by atoms with Crippen molar-refractivity contribution in [2.24, 2.45) is 0 Å². The Labute approximate surface area is 117 Å². The van der Waals surface area contributed by atoms with Gasteiger partial charge in [-0.3, -0.25) is 4.72 Å². The molecule has 1 aromatic rings. The highest BCUT2D eigenvalue weighted by Gasteiger charge is 2.22. The van der Waals surface area contributed by atoms with Gasteiger partial charge in [-0.05, 0) is 31.4 Å². The van der Waals surface area contributed by atoms with Crippen LogP contribution >= 0.6 is 0 Å². The second-order valence-electron chi connectivity index (χ2n) is 4.83. The summed E-state index contributed by atoms with van der Waals surface area (Å²) in [6.45, 7) is 0.208. The first-order chi connectivity index (χ1) is 9.50. The van der Waals surface area contributed by atoms with Gasteiger partial charge in [-0.25, -0.2) is 12.8 Å². The number of benzene rings is 1. The van der Waals surface area contributed by atoms with Crippen LogP contribution in [0, 0.1) is 5.82 Å². The predicted octanol–water partition coefficient (Wildman–Crippen LogP) is 1.63. The summed E-state index contributed by atoms with van der Waals surface area (Å²) in [5.74, 6) is -0.720. The van der Waals surface area contributed by atoms with E-state index >= 15 is 0 Å². The Bertz CT molecular complexity index is 555. The Morgan fingerprint density at radius 3 is 2.85 bits per heavy atom. The Kier molecular flexibility index (Phi) is 4.95. The van der Waals surface area contributed by atoms with E-state index in [1.54, 1.807) is 0 Å². The van der Waals surface area contributed by atoms with Crippen molar-refractivity contribution in [3.05, 3.63) is 29.6 Å². The summed E-state index contributed by atoms with van der Waals surface area (Å²) in [5, 5.41) is 9.15. The van der Waals surface area contributed by atoms with Gasteiger partial charge < -0.3 is 9.84 Å². The Morgan fingerprint density at radius 1 is 1.40 bits per heavy atom. The zero-order valence-corrected chi connectivity index (χ0v) is 11.8. The molecule has 1 heterocycles. The van der Waals surface area contributed by atoms with E-state index in [0.717, 1.165) is 18.9 Å². The quantitative estimate of drug-likeness (QED) is 0.867. The summed E-state index contributed by atoms with van der Waals surface area (Å²) >= 11 is 0. The van der Waals surface area contributed by atoms with Crippen molar-refractivity contribution >= 4 is 15.7 Å². The van der Waals surface area contributed by atoms with Crippen molar-refractivity contribution in [1.82, 2.24) is 0 Å². The minimum Gasteiger partial charge on any atom is -0.392 e. The van der Waals surface area contributed by atoms with Crippen LogP contribution in [0.3, 0.4) is 0 Å². The number of hydrogen-bond acceptors (Lipinski definition) is 4. The molecule has 7 heteroatoms. The molecule has 1 aliphatic rings. The fourth-order valence-electron chi connectivity index (χ4n) is 2.17. The van der Waals surface area contributed by atoms with Gasteiger partial charge in [-0.2, -0.15) is 0 Å². The lowest BCUT2D eigenvalue weighted by atomic mass is 10.1. The maximum absolute atomic E-state index is 13.2. The smallest absolute Gasteiger partial charge is 0.235 e. The van der Waals surface area contributed by atoms with E-state index in [-0.39, 0.29) is 24.2 Å². The highest BCUT2D eigenvalue weighted by Crippen LogP contribution is 2.20. The maximum atomic E-state index is 13.2. The summed E-state index contributed by atoms with van der Waals surface area (Å²) in [6, 6.07) is 3.59. The number of ether oxygens (including phenoxy) is 1. The lowest BCUT2D eigenvalue weighted by molar-refractivity contribution is 0.0306. The van der Waals surface area contributed by atoms with Gasteiger partial charge in [0.2, 0.25) is 10.0 Å². The molecular formula is C13H18FNO4S. The van der Waals surface area contributed by atoms with E-state index in [9.17, 15) is 12.8 Å². The summed E-state index contributed by atoms with van der Waals surface area (Å²) < 4.78 is 45.0. The van der Waals surface area contributed by atoms with Crippen molar-refractivity contribution in [3.63, 3.8) is 0 Å². The molecule has 2 N–H and O–H groups in total. The average molecular weight is 303 g/mol. The van der Waals surface area contributed by atoms with Gasteiger partial charge in [0, 0.05) is 12.2 Å². The molecule has 20 heavy (non-hydrogen) atoms. The lowest BCUT2D eigenvalue weighted by Crippen LogP contribution is -2.31. The summed E-state index contributed by atoms with van der Waals surface area (Å²) in [6.07, 6.45) is 2.27. The van der Waals surface area contributed by atoms with Crippen LogP contribution in [0.4, 0.5) is 10.1 Å². The number of nitrogens with one attached hydrogen (secondary N) is 1. The van der Waals surface area contributed by atoms with Crippen molar-refractivity contribution in [3.8, 4) is 0 Å². The number of rotatable bonds is 5. The van der Waals surface area contributed by atoms with Crippen LogP contribution in [0.2, 0.25) is 0 Å². The SMILES string of the molecule is O=S(=O)(CC1CCCCO1)Nc1cc(F)ccc1CO. The van der Waals surface area contributed by atoms with Crippen LogP contribution in [-0.4, -0.2) is 32.0 Å². The molecule has 1 saturated heterocycles. The molecule has 5 nitrogen and oxygen atoms in total. The van der Waals surface area contributed by atoms with Crippen LogP contribution in [0.5, 0.6) is 0 Å². The number of aliphatic hydroxyl groups excluding tert-OH is 1. The Hall–Kier alpha value is -1.18. The largest absolute Gasteiger partial charge is 0.392 e. The minimum atomic E-state index is -3.64. The molecule has 2 rings (SSSR count). The normalized spacial score (nSPS) is 19.8. The Balaban J connectivity index is 2.09. The van der Waals surface area contributed by atoms with E-state index < -0.39 is 15.8 Å². The number of sulfonamides is 1. The first-order valence-corrected chi connectivity index (χ1v) is 8.17. The standard InChI is InChI=1S/C13H18FNO4S/c14-11-5-4-10(8-16)13(7-11)15-20(17,18)9-12-3-1-2-6-19-12/h4-5,7,12,15-16H,1-3,6,8-9H2. The average Bonchev–Trinajstić information content (AvgIpc) is 2.39. The first kappa shape index (κ1) is 15.2. The molecule has 0 radical (unpaired) electrons. The van der Waals surface area contributed by atoms with Gasteiger partial charge in [0.1, 0.15) is 5.82 Å². The molecular weight excluding hydrogens is 285 g/mol. The fourth-order valence-corrected chi connectivity index (χ4v) is 3.54. The van der Waals surface area contributed by atoms with Gasteiger partial charge >= 0.3 is 0 Å². The molecule has 1 atom stereocenters. The molecule has 112 valence electrons. The fraction of sp³-hybridized carbons (Fsp3) is 0.538. The zero-order valence-electron chi connectivity index (χ0n) is 11.0. The van der Waals surface area contributed by atoms with Gasteiger partial charge in [0.25, 0.3) is 0 Å². The highest BCUT2D eigenvalue weighted by atomic mass is 32.2. The molecule has 0 saturated carbocycles. The van der Waals surface area contributed by atoms with Crippen molar-refractivity contribution in [2.45, 2.75) is 32.0 Å². The topological polar surface area (TPSA) is 75.6 Å². The van der Waals surface area contributed by atoms with Crippen LogP contribution in [0.1, 0.15) is 24.8 Å². The Morgan fingerprint density at radius 2 is 2.20 bits per heavy atom. The molecule has 0 aromatic heterocycles. The molecule has 1 fully saturated rings. The molecule has 0 amide bonds. The van der Waals surface area contributed by atoms with Gasteiger partial charge in [-0.1, -0.05) is 6.07 Å². The van der Waals surface area contributed by atoms with E-state index in [1.165, 1.54) is 12.1 Å². The molecule has 0 aliphatic carbocycles. The van der Waals surface area contributed by atoms with Gasteiger partial charge in [-0.15, -0.1) is 0 Å². The third-order valence-corrected chi connectivity index (χ3v) is 4.53. The van der Waals surface area contributed by atoms with E-state index in [4.69, 9.17) is 9.84 Å². The molecule has 1 unspecified atom stereocenters. The number of aliphatic hydroxyl groups is 1. The zero-order chi connectivity index (χ0) is 14.6. The minimum absolute atomic E-state index is 0.0725. The highest BCUT2D eigenvalue weighted by molar-refractivity contribution is 7.92. The van der Waals surface area contributed by atoms with Gasteiger partial charge in [0.15, 0.2) is 0 Å². The second-order valence-corrected chi connectivity index (χ2v) is 6.60. The van der Waals surface area contributed by atoms with Crippen LogP contribution in [0.15, 0.2) is 18.2 Å². The van der Waals surface area contributed by atoms with Crippen LogP contribution in [-0.2, 0) is 21.4 Å². The summed E-state index contributed by atoms with van der Waals surface area (Å²) in [7, 11) is -3.64. The van der Waals surface area contributed by atoms with Crippen LogP contribution in [0.25, 0.3) is 0 Å². The summed E-state index contributed by atoms with van der Waals surface area (Å²) in [4.78, 5) is 0. The molecule has 1 aromatic carbocycles. The molecule has 1 aliphatic heterocycles. The monoisotopic (exact) mass is 303 g/mol. The van der Waals surface area contributed by atoms with Crippen molar-refractivity contribution in [2.75, 3.05) is 17.1 Å². The first-order valence-electron chi connectivity index (χ1n) is 6.51. The van der Waals surface area contributed by atoms with E-state index in [0.29, 0.717) is 18.6 Å². The molecule has 0 spiro atoms. The van der Waals surface area contributed by atoms with E-state index in [2.05, 4.69) is 4.72 Å². The number of hydrogen-bond donors (Lipinski definition) is 2. The third-order valence-electron chi connectivity index (χ3n) is 3.19. The number of halogens is 1. The van der Waals surface area contributed by atoms with E-state index in [1.807, 2.05) is 0 Å². The third kappa shape index (κ3) is 4.16. The van der Waals surface area contributed by atoms with Gasteiger partial charge in [0.05, 0.1) is 24.2 Å². The van der Waals surface area contributed by atoms with Crippen molar-refractivity contribution < 1.29 is 22.7 Å². The second kappa shape index (κ2) is 6.51. The summed E-state index contributed by atoms with van der Waals surface area (Å²) in [5.41, 5.74) is 0.405. The molecule has 0 bridgehead atoms. The number of anilines is 1. The van der Waals surface area contributed by atoms with Crippen LogP contribution < -0.4 is 4.72 Å². The predicted molar refractivity (Wildman–Crippen MR) is 73.3 cm³/mol. The van der Waals surface area contributed by atoms with Crippen molar-refractivity contribution in [1.29, 1.82) is 0 Å². The maximum Gasteiger partial charge on any atom is 0.235 e.